The molecule has 3 heterocycles. The molecule has 28 heavy (non-hydrogen) atoms. The van der Waals surface area contributed by atoms with Crippen molar-refractivity contribution >= 4 is 23.5 Å². The highest BCUT2D eigenvalue weighted by atomic mass is 16.2. The second-order valence-corrected chi connectivity index (χ2v) is 8.93. The fraction of sp³-hybridized carbons (Fsp3) is 0.714. The van der Waals surface area contributed by atoms with Crippen molar-refractivity contribution < 1.29 is 19.2 Å². The minimum atomic E-state index is -0.327. The molecular weight excluding hydrogens is 358 g/mol. The molecule has 7 heteroatoms. The Morgan fingerprint density at radius 3 is 2.71 bits per heavy atom. The first-order valence-electron chi connectivity index (χ1n) is 10.4. The molecule has 0 bridgehead atoms. The summed E-state index contributed by atoms with van der Waals surface area (Å²) >= 11 is 0. The number of nitrogens with one attached hydrogen (secondary N) is 1. The second-order valence-electron chi connectivity index (χ2n) is 8.93. The van der Waals surface area contributed by atoms with Crippen molar-refractivity contribution in [1.82, 2.24) is 15.1 Å². The molecule has 0 aromatic heterocycles. The molecule has 0 aliphatic carbocycles. The van der Waals surface area contributed by atoms with Gasteiger partial charge in [0, 0.05) is 49.8 Å². The quantitative estimate of drug-likeness (QED) is 0.724. The maximum absolute atomic E-state index is 12.8. The summed E-state index contributed by atoms with van der Waals surface area (Å²) in [5.41, 5.74) is 0.347. The topological polar surface area (TPSA) is 86.8 Å². The normalized spacial score (nSPS) is 26.0. The molecular formula is C21H31N3O4. The lowest BCUT2D eigenvalue weighted by molar-refractivity contribution is -0.143. The van der Waals surface area contributed by atoms with E-state index in [1.807, 2.05) is 9.80 Å². The van der Waals surface area contributed by atoms with E-state index in [1.165, 1.54) is 6.20 Å². The Bertz CT molecular complexity index is 700. The van der Waals surface area contributed by atoms with Crippen LogP contribution >= 0.6 is 0 Å². The third kappa shape index (κ3) is 4.80. The van der Waals surface area contributed by atoms with E-state index in [2.05, 4.69) is 19.2 Å². The maximum Gasteiger partial charge on any atom is 0.231 e. The fourth-order valence-electron chi connectivity index (χ4n) is 4.46. The van der Waals surface area contributed by atoms with Gasteiger partial charge in [0.15, 0.2) is 5.78 Å². The lowest BCUT2D eigenvalue weighted by Crippen LogP contribution is -2.55. The monoisotopic (exact) mass is 389 g/mol. The van der Waals surface area contributed by atoms with Gasteiger partial charge in [-0.3, -0.25) is 19.2 Å². The van der Waals surface area contributed by atoms with E-state index in [4.69, 9.17) is 0 Å². The number of rotatable bonds is 5. The Hall–Kier alpha value is -2.18. The molecule has 0 saturated carbocycles. The van der Waals surface area contributed by atoms with Crippen LogP contribution in [0.4, 0.5) is 0 Å². The molecule has 0 radical (unpaired) electrons. The summed E-state index contributed by atoms with van der Waals surface area (Å²) in [5, 5.41) is 2.52. The number of amides is 3. The number of hydrogen-bond donors (Lipinski definition) is 1. The number of Topliss-reactive ketones (excluding diaryl/α,β-unsaturated/α-hetero) is 1. The molecule has 2 saturated heterocycles. The van der Waals surface area contributed by atoms with Gasteiger partial charge in [0.25, 0.3) is 0 Å². The van der Waals surface area contributed by atoms with Crippen molar-refractivity contribution in [1.29, 1.82) is 0 Å². The average Bonchev–Trinajstić information content (AvgIpc) is 2.65. The third-order valence-electron chi connectivity index (χ3n) is 6.17. The Balaban J connectivity index is 1.62. The van der Waals surface area contributed by atoms with Gasteiger partial charge in [-0.2, -0.15) is 0 Å². The lowest BCUT2D eigenvalue weighted by Gasteiger charge is -2.48. The Kier molecular flexibility index (Phi) is 6.20. The van der Waals surface area contributed by atoms with Gasteiger partial charge in [0.2, 0.25) is 17.7 Å². The van der Waals surface area contributed by atoms with Crippen LogP contribution in [0.3, 0.4) is 0 Å². The van der Waals surface area contributed by atoms with Crippen molar-refractivity contribution in [3.63, 3.8) is 0 Å². The number of likely N-dealkylation sites (tertiary alicyclic amines) is 2. The van der Waals surface area contributed by atoms with Crippen LogP contribution in [-0.2, 0) is 19.2 Å². The zero-order chi connectivity index (χ0) is 20.3. The molecule has 7 nitrogen and oxygen atoms in total. The highest BCUT2D eigenvalue weighted by Gasteiger charge is 2.42. The molecule has 1 spiro atoms. The molecule has 154 valence electrons. The standard InChI is InChI=1S/C21H31N3O4/c1-15(2)5-9-24-14-21(7-4-19(24)27)6-3-8-23(13-21)20(28)10-16-12-22-18(26)11-17(16)25/h12,15H,3-11,13-14H2,1-2H3,(H,22,26). The zero-order valence-electron chi connectivity index (χ0n) is 17.0. The minimum absolute atomic E-state index is 0.0298. The Morgan fingerprint density at radius 1 is 1.21 bits per heavy atom. The summed E-state index contributed by atoms with van der Waals surface area (Å²) in [6.07, 6.45) is 5.54. The van der Waals surface area contributed by atoms with E-state index in [0.717, 1.165) is 38.8 Å². The van der Waals surface area contributed by atoms with Gasteiger partial charge in [-0.15, -0.1) is 0 Å². The van der Waals surface area contributed by atoms with Crippen LogP contribution in [0, 0.1) is 11.3 Å². The summed E-state index contributed by atoms with van der Waals surface area (Å²) in [7, 11) is 0. The van der Waals surface area contributed by atoms with Gasteiger partial charge in [-0.05, 0) is 31.6 Å². The summed E-state index contributed by atoms with van der Waals surface area (Å²) in [5.74, 6) is 0.110. The van der Waals surface area contributed by atoms with E-state index < -0.39 is 0 Å². The molecule has 0 aromatic carbocycles. The smallest absolute Gasteiger partial charge is 0.231 e. The molecule has 3 rings (SSSR count). The minimum Gasteiger partial charge on any atom is -0.342 e. The first kappa shape index (κ1) is 20.6. The predicted octanol–water partition coefficient (Wildman–Crippen LogP) is 1.63. The summed E-state index contributed by atoms with van der Waals surface area (Å²) in [4.78, 5) is 52.2. The van der Waals surface area contributed by atoms with Crippen LogP contribution in [-0.4, -0.2) is 59.5 Å². The van der Waals surface area contributed by atoms with Gasteiger partial charge in [-0.1, -0.05) is 13.8 Å². The highest BCUT2D eigenvalue weighted by Crippen LogP contribution is 2.39. The maximum atomic E-state index is 12.8. The SMILES string of the molecule is CC(C)CCN1CC2(CCCN(C(=O)CC3=CNC(=O)CC3=O)C2)CCC1=O. The summed E-state index contributed by atoms with van der Waals surface area (Å²) < 4.78 is 0. The van der Waals surface area contributed by atoms with Crippen molar-refractivity contribution in [2.45, 2.75) is 58.8 Å². The fourth-order valence-corrected chi connectivity index (χ4v) is 4.46. The van der Waals surface area contributed by atoms with Gasteiger partial charge >= 0.3 is 0 Å². The Morgan fingerprint density at radius 2 is 2.00 bits per heavy atom. The first-order valence-corrected chi connectivity index (χ1v) is 10.4. The van der Waals surface area contributed by atoms with E-state index in [0.29, 0.717) is 31.0 Å². The third-order valence-corrected chi connectivity index (χ3v) is 6.17. The van der Waals surface area contributed by atoms with Crippen LogP contribution in [0.25, 0.3) is 0 Å². The van der Waals surface area contributed by atoms with Crippen LogP contribution in [0.1, 0.15) is 58.8 Å². The van der Waals surface area contributed by atoms with Crippen molar-refractivity contribution in [2.75, 3.05) is 26.2 Å². The molecule has 3 aliphatic rings. The summed E-state index contributed by atoms with van der Waals surface area (Å²) in [6.45, 7) is 7.16. The number of piperidine rings is 2. The van der Waals surface area contributed by atoms with Crippen LogP contribution in [0.15, 0.2) is 11.8 Å². The average molecular weight is 389 g/mol. The van der Waals surface area contributed by atoms with Crippen molar-refractivity contribution in [2.24, 2.45) is 11.3 Å². The zero-order valence-corrected chi connectivity index (χ0v) is 17.0. The van der Waals surface area contributed by atoms with E-state index >= 15 is 0 Å². The lowest BCUT2D eigenvalue weighted by atomic mass is 9.73. The molecule has 0 aromatic rings. The number of carbonyl (C=O) groups is 4. The van der Waals surface area contributed by atoms with E-state index in [9.17, 15) is 19.2 Å². The molecule has 1 N–H and O–H groups in total. The first-order chi connectivity index (χ1) is 13.3. The number of ketones is 1. The van der Waals surface area contributed by atoms with Crippen LogP contribution in [0.5, 0.6) is 0 Å². The molecule has 3 amide bonds. The number of carbonyl (C=O) groups excluding carboxylic acids is 4. The van der Waals surface area contributed by atoms with Crippen LogP contribution in [0.2, 0.25) is 0 Å². The van der Waals surface area contributed by atoms with Crippen molar-refractivity contribution in [3.05, 3.63) is 11.8 Å². The molecule has 1 unspecified atom stereocenters. The number of hydrogen-bond acceptors (Lipinski definition) is 4. The molecule has 2 fully saturated rings. The largest absolute Gasteiger partial charge is 0.342 e. The van der Waals surface area contributed by atoms with Gasteiger partial charge < -0.3 is 15.1 Å². The van der Waals surface area contributed by atoms with Gasteiger partial charge in [-0.25, -0.2) is 0 Å². The number of nitrogens with zero attached hydrogens (tertiary/aromatic N) is 2. The van der Waals surface area contributed by atoms with Crippen molar-refractivity contribution in [3.8, 4) is 0 Å². The Labute approximate surface area is 166 Å². The highest BCUT2D eigenvalue weighted by molar-refractivity contribution is 6.11. The molecule has 1 atom stereocenters. The predicted molar refractivity (Wildman–Crippen MR) is 104 cm³/mol. The van der Waals surface area contributed by atoms with Gasteiger partial charge in [0.1, 0.15) is 0 Å². The second kappa shape index (κ2) is 8.45. The van der Waals surface area contributed by atoms with Gasteiger partial charge in [0.05, 0.1) is 12.8 Å². The summed E-state index contributed by atoms with van der Waals surface area (Å²) in [6, 6.07) is 0. The van der Waals surface area contributed by atoms with E-state index in [1.54, 1.807) is 0 Å². The molecule has 3 aliphatic heterocycles. The van der Waals surface area contributed by atoms with Crippen LogP contribution < -0.4 is 5.32 Å². The van der Waals surface area contributed by atoms with E-state index in [-0.39, 0.29) is 41.8 Å².